The molecule has 0 radical (unpaired) electrons. The third-order valence-electron chi connectivity index (χ3n) is 2.29. The molecule has 0 bridgehead atoms. The summed E-state index contributed by atoms with van der Waals surface area (Å²) in [4.78, 5) is 0. The summed E-state index contributed by atoms with van der Waals surface area (Å²) in [5, 5.41) is 0. The predicted molar refractivity (Wildman–Crippen MR) is 65.6 cm³/mol. The van der Waals surface area contributed by atoms with Crippen LogP contribution in [0, 0.1) is 12.3 Å². The standard InChI is InChI=1S/C14H21FO/c1-11-5-7-13(8-6-11)16-10-12(15)9-14(2,3)4/h5-8,12H,9-10H2,1-4H3/t12-/m0/s1. The summed E-state index contributed by atoms with van der Waals surface area (Å²) in [7, 11) is 0. The summed E-state index contributed by atoms with van der Waals surface area (Å²) in [6.45, 7) is 8.25. The molecule has 0 saturated carbocycles. The lowest BCUT2D eigenvalue weighted by molar-refractivity contribution is 0.148. The Morgan fingerprint density at radius 1 is 1.19 bits per heavy atom. The van der Waals surface area contributed by atoms with Gasteiger partial charge in [-0.1, -0.05) is 38.5 Å². The fourth-order valence-electron chi connectivity index (χ4n) is 1.54. The van der Waals surface area contributed by atoms with Crippen LogP contribution in [0.15, 0.2) is 24.3 Å². The van der Waals surface area contributed by atoms with Crippen molar-refractivity contribution in [3.05, 3.63) is 29.8 Å². The van der Waals surface area contributed by atoms with Crippen molar-refractivity contribution in [2.75, 3.05) is 6.61 Å². The van der Waals surface area contributed by atoms with E-state index in [-0.39, 0.29) is 12.0 Å². The van der Waals surface area contributed by atoms with Crippen LogP contribution >= 0.6 is 0 Å². The van der Waals surface area contributed by atoms with Crippen LogP contribution in [0.25, 0.3) is 0 Å². The van der Waals surface area contributed by atoms with E-state index < -0.39 is 6.17 Å². The van der Waals surface area contributed by atoms with Crippen molar-refractivity contribution in [1.82, 2.24) is 0 Å². The molecular weight excluding hydrogens is 203 g/mol. The molecule has 0 saturated heterocycles. The lowest BCUT2D eigenvalue weighted by Gasteiger charge is -2.20. The second kappa shape index (κ2) is 5.33. The van der Waals surface area contributed by atoms with Crippen molar-refractivity contribution >= 4 is 0 Å². The number of aryl methyl sites for hydroxylation is 1. The second-order valence-electron chi connectivity index (χ2n) is 5.49. The van der Waals surface area contributed by atoms with E-state index in [0.717, 1.165) is 5.75 Å². The summed E-state index contributed by atoms with van der Waals surface area (Å²) < 4.78 is 18.9. The molecule has 2 heteroatoms. The Bertz CT molecular complexity index is 311. The SMILES string of the molecule is Cc1ccc(OC[C@@H](F)CC(C)(C)C)cc1. The Morgan fingerprint density at radius 3 is 2.25 bits per heavy atom. The van der Waals surface area contributed by atoms with Crippen molar-refractivity contribution in [3.63, 3.8) is 0 Å². The Morgan fingerprint density at radius 2 is 1.75 bits per heavy atom. The highest BCUT2D eigenvalue weighted by molar-refractivity contribution is 5.26. The minimum Gasteiger partial charge on any atom is -0.491 e. The average molecular weight is 224 g/mol. The maximum absolute atomic E-state index is 13.5. The third kappa shape index (κ3) is 5.15. The average Bonchev–Trinajstić information content (AvgIpc) is 2.14. The van der Waals surface area contributed by atoms with Gasteiger partial charge in [0.05, 0.1) is 0 Å². The molecule has 1 aromatic carbocycles. The Hall–Kier alpha value is -1.05. The smallest absolute Gasteiger partial charge is 0.134 e. The number of alkyl halides is 1. The zero-order chi connectivity index (χ0) is 12.2. The topological polar surface area (TPSA) is 9.23 Å². The Kier molecular flexibility index (Phi) is 4.34. The van der Waals surface area contributed by atoms with Crippen LogP contribution in [0.1, 0.15) is 32.8 Å². The lowest BCUT2D eigenvalue weighted by atomic mass is 9.90. The Labute approximate surface area is 97.6 Å². The molecule has 0 heterocycles. The molecule has 1 rings (SSSR count). The van der Waals surface area contributed by atoms with Crippen molar-refractivity contribution in [2.45, 2.75) is 40.3 Å². The van der Waals surface area contributed by atoms with E-state index in [1.807, 2.05) is 52.0 Å². The molecule has 0 fully saturated rings. The van der Waals surface area contributed by atoms with E-state index in [4.69, 9.17) is 4.74 Å². The van der Waals surface area contributed by atoms with Gasteiger partial charge in [0.15, 0.2) is 0 Å². The summed E-state index contributed by atoms with van der Waals surface area (Å²) in [5.41, 5.74) is 1.19. The molecule has 16 heavy (non-hydrogen) atoms. The molecular formula is C14H21FO. The van der Waals surface area contributed by atoms with Crippen LogP contribution in [0.3, 0.4) is 0 Å². The van der Waals surface area contributed by atoms with Crippen LogP contribution in [-0.4, -0.2) is 12.8 Å². The van der Waals surface area contributed by atoms with Gasteiger partial charge < -0.3 is 4.74 Å². The molecule has 90 valence electrons. The predicted octanol–water partition coefficient (Wildman–Crippen LogP) is 4.15. The maximum Gasteiger partial charge on any atom is 0.134 e. The van der Waals surface area contributed by atoms with Crippen molar-refractivity contribution in [1.29, 1.82) is 0 Å². The van der Waals surface area contributed by atoms with Gasteiger partial charge in [-0.25, -0.2) is 4.39 Å². The lowest BCUT2D eigenvalue weighted by Crippen LogP contribution is -2.20. The zero-order valence-corrected chi connectivity index (χ0v) is 10.6. The minimum atomic E-state index is -0.902. The quantitative estimate of drug-likeness (QED) is 0.746. The van der Waals surface area contributed by atoms with E-state index >= 15 is 0 Å². The van der Waals surface area contributed by atoms with E-state index in [2.05, 4.69) is 0 Å². The van der Waals surface area contributed by atoms with E-state index in [0.29, 0.717) is 6.42 Å². The fourth-order valence-corrected chi connectivity index (χ4v) is 1.54. The maximum atomic E-state index is 13.5. The number of halogens is 1. The van der Waals surface area contributed by atoms with Gasteiger partial charge in [-0.2, -0.15) is 0 Å². The van der Waals surface area contributed by atoms with Crippen molar-refractivity contribution < 1.29 is 9.13 Å². The molecule has 1 atom stereocenters. The normalized spacial score (nSPS) is 13.6. The van der Waals surface area contributed by atoms with Gasteiger partial charge in [-0.15, -0.1) is 0 Å². The van der Waals surface area contributed by atoms with Gasteiger partial charge in [0, 0.05) is 0 Å². The van der Waals surface area contributed by atoms with Gasteiger partial charge in [-0.05, 0) is 30.9 Å². The minimum absolute atomic E-state index is 0.00997. The number of hydrogen-bond acceptors (Lipinski definition) is 1. The fraction of sp³-hybridized carbons (Fsp3) is 0.571. The van der Waals surface area contributed by atoms with Gasteiger partial charge in [-0.3, -0.25) is 0 Å². The molecule has 0 aliphatic heterocycles. The van der Waals surface area contributed by atoms with Crippen LogP contribution in [0.5, 0.6) is 5.75 Å². The van der Waals surface area contributed by atoms with Crippen molar-refractivity contribution in [3.8, 4) is 5.75 Å². The summed E-state index contributed by atoms with van der Waals surface area (Å²) in [6, 6.07) is 7.68. The number of ether oxygens (including phenoxy) is 1. The molecule has 0 unspecified atom stereocenters. The van der Waals surface area contributed by atoms with Crippen molar-refractivity contribution in [2.24, 2.45) is 5.41 Å². The first-order valence-electron chi connectivity index (χ1n) is 5.70. The first-order valence-corrected chi connectivity index (χ1v) is 5.70. The molecule has 1 nitrogen and oxygen atoms in total. The first kappa shape index (κ1) is 13.0. The molecule has 1 aromatic rings. The van der Waals surface area contributed by atoms with Gasteiger partial charge >= 0.3 is 0 Å². The van der Waals surface area contributed by atoms with Crippen LogP contribution in [-0.2, 0) is 0 Å². The summed E-state index contributed by atoms with van der Waals surface area (Å²) >= 11 is 0. The highest BCUT2D eigenvalue weighted by atomic mass is 19.1. The van der Waals surface area contributed by atoms with E-state index in [1.54, 1.807) is 0 Å². The van der Waals surface area contributed by atoms with E-state index in [1.165, 1.54) is 5.56 Å². The highest BCUT2D eigenvalue weighted by Crippen LogP contribution is 2.23. The number of benzene rings is 1. The number of rotatable bonds is 4. The Balaban J connectivity index is 2.37. The largest absolute Gasteiger partial charge is 0.491 e. The summed E-state index contributed by atoms with van der Waals surface area (Å²) in [5.74, 6) is 0.738. The number of hydrogen-bond donors (Lipinski definition) is 0. The summed E-state index contributed by atoms with van der Waals surface area (Å²) in [6.07, 6.45) is -0.375. The van der Waals surface area contributed by atoms with Gasteiger partial charge in [0.25, 0.3) is 0 Å². The third-order valence-corrected chi connectivity index (χ3v) is 2.29. The molecule has 0 aliphatic rings. The van der Waals surface area contributed by atoms with Crippen LogP contribution in [0.4, 0.5) is 4.39 Å². The first-order chi connectivity index (χ1) is 7.37. The zero-order valence-electron chi connectivity index (χ0n) is 10.6. The highest BCUT2D eigenvalue weighted by Gasteiger charge is 2.18. The van der Waals surface area contributed by atoms with Gasteiger partial charge in [0.1, 0.15) is 18.5 Å². The van der Waals surface area contributed by atoms with Crippen LogP contribution < -0.4 is 4.74 Å². The molecule has 0 aliphatic carbocycles. The second-order valence-corrected chi connectivity index (χ2v) is 5.49. The molecule has 0 amide bonds. The molecule has 0 aromatic heterocycles. The monoisotopic (exact) mass is 224 g/mol. The van der Waals surface area contributed by atoms with Crippen LogP contribution in [0.2, 0.25) is 0 Å². The molecule has 0 N–H and O–H groups in total. The van der Waals surface area contributed by atoms with Gasteiger partial charge in [0.2, 0.25) is 0 Å². The molecule has 0 spiro atoms. The van der Waals surface area contributed by atoms with E-state index in [9.17, 15) is 4.39 Å².